The van der Waals surface area contributed by atoms with E-state index in [-0.39, 0.29) is 16.8 Å². The highest BCUT2D eigenvalue weighted by molar-refractivity contribution is 7.07. The number of nitrogens with zero attached hydrogens (tertiary/aromatic N) is 3. The molecule has 0 saturated heterocycles. The topological polar surface area (TPSA) is 67.8 Å². The Morgan fingerprint density at radius 1 is 1.41 bits per heavy atom. The average Bonchev–Trinajstić information content (AvgIpc) is 2.83. The first-order valence-electron chi connectivity index (χ1n) is 4.90. The quantitative estimate of drug-likeness (QED) is 0.914. The van der Waals surface area contributed by atoms with Crippen molar-refractivity contribution in [2.45, 2.75) is 6.42 Å². The van der Waals surface area contributed by atoms with Gasteiger partial charge in [0.05, 0.1) is 11.2 Å². The summed E-state index contributed by atoms with van der Waals surface area (Å²) in [4.78, 5) is 15.7. The number of aromatic nitrogens is 3. The second-order valence-electron chi connectivity index (χ2n) is 3.23. The highest BCUT2D eigenvalue weighted by atomic mass is 35.5. The molecule has 7 heteroatoms. The van der Waals surface area contributed by atoms with Crippen LogP contribution in [-0.2, 0) is 6.42 Å². The summed E-state index contributed by atoms with van der Waals surface area (Å²) in [5.74, 6) is -0.260. The van der Waals surface area contributed by atoms with Gasteiger partial charge in [-0.15, -0.1) is 21.5 Å². The number of rotatable bonds is 4. The molecule has 88 valence electrons. The van der Waals surface area contributed by atoms with Gasteiger partial charge in [-0.05, 0) is 12.1 Å². The lowest BCUT2D eigenvalue weighted by Gasteiger charge is -2.02. The Morgan fingerprint density at radius 2 is 2.29 bits per heavy atom. The minimum absolute atomic E-state index is 0.257. The molecule has 0 aliphatic rings. The van der Waals surface area contributed by atoms with E-state index in [1.165, 1.54) is 23.5 Å². The molecule has 2 heterocycles. The molecule has 2 aromatic rings. The van der Waals surface area contributed by atoms with E-state index in [9.17, 15) is 4.79 Å². The summed E-state index contributed by atoms with van der Waals surface area (Å²) in [6.07, 6.45) is 0.705. The first kappa shape index (κ1) is 11.9. The number of halogens is 1. The fourth-order valence-electron chi connectivity index (χ4n) is 1.19. The Labute approximate surface area is 107 Å². The lowest BCUT2D eigenvalue weighted by atomic mass is 10.3. The second kappa shape index (κ2) is 5.70. The van der Waals surface area contributed by atoms with Gasteiger partial charge in [0, 0.05) is 18.3 Å². The maximum Gasteiger partial charge on any atom is 0.271 e. The number of hydrogen-bond acceptors (Lipinski definition) is 5. The van der Waals surface area contributed by atoms with Gasteiger partial charge in [0.15, 0.2) is 10.8 Å². The van der Waals surface area contributed by atoms with Crippen LogP contribution in [0.2, 0.25) is 5.15 Å². The van der Waals surface area contributed by atoms with Crippen LogP contribution in [0.5, 0.6) is 0 Å². The minimum atomic E-state index is -0.260. The van der Waals surface area contributed by atoms with Crippen LogP contribution in [0.25, 0.3) is 0 Å². The van der Waals surface area contributed by atoms with Crippen LogP contribution >= 0.6 is 22.9 Å². The molecule has 5 nitrogen and oxygen atoms in total. The molecule has 0 aromatic carbocycles. The van der Waals surface area contributed by atoms with Crippen LogP contribution in [0.4, 0.5) is 0 Å². The van der Waals surface area contributed by atoms with Crippen molar-refractivity contribution < 1.29 is 4.79 Å². The molecule has 0 fully saturated rings. The number of carbonyl (C=O) groups excluding carboxylic acids is 1. The molecule has 1 amide bonds. The van der Waals surface area contributed by atoms with Crippen LogP contribution in [0.15, 0.2) is 23.0 Å². The molecule has 0 aliphatic carbocycles. The molecule has 0 bridgehead atoms. The molecule has 2 rings (SSSR count). The summed E-state index contributed by atoms with van der Waals surface area (Å²) in [7, 11) is 0. The van der Waals surface area contributed by atoms with E-state index < -0.39 is 0 Å². The lowest BCUT2D eigenvalue weighted by molar-refractivity contribution is 0.0948. The zero-order chi connectivity index (χ0) is 12.1. The van der Waals surface area contributed by atoms with Crippen molar-refractivity contribution in [1.82, 2.24) is 20.5 Å². The van der Waals surface area contributed by atoms with Gasteiger partial charge in [0.2, 0.25) is 0 Å². The number of nitrogens with one attached hydrogen (secondary N) is 1. The Balaban J connectivity index is 1.83. The largest absolute Gasteiger partial charge is 0.350 e. The SMILES string of the molecule is O=C(NCCc1cscn1)c1ccc(Cl)nn1. The van der Waals surface area contributed by atoms with Crippen LogP contribution < -0.4 is 5.32 Å². The maximum atomic E-state index is 11.6. The monoisotopic (exact) mass is 268 g/mol. The predicted molar refractivity (Wildman–Crippen MR) is 65.2 cm³/mol. The summed E-state index contributed by atoms with van der Waals surface area (Å²) < 4.78 is 0. The summed E-state index contributed by atoms with van der Waals surface area (Å²) in [5.41, 5.74) is 2.99. The Kier molecular flexibility index (Phi) is 4.00. The van der Waals surface area contributed by atoms with Crippen LogP contribution in [0.3, 0.4) is 0 Å². The third-order valence-corrected chi connectivity index (χ3v) is 2.85. The molecule has 0 radical (unpaired) electrons. The molecule has 0 unspecified atom stereocenters. The molecule has 17 heavy (non-hydrogen) atoms. The second-order valence-corrected chi connectivity index (χ2v) is 4.33. The van der Waals surface area contributed by atoms with Gasteiger partial charge < -0.3 is 5.32 Å². The van der Waals surface area contributed by atoms with Gasteiger partial charge in [0.1, 0.15) is 0 Å². The molecule has 0 saturated carbocycles. The normalized spacial score (nSPS) is 10.2. The molecule has 2 aromatic heterocycles. The van der Waals surface area contributed by atoms with E-state index >= 15 is 0 Å². The van der Waals surface area contributed by atoms with Gasteiger partial charge in [-0.25, -0.2) is 4.98 Å². The van der Waals surface area contributed by atoms with E-state index in [0.717, 1.165) is 5.69 Å². The van der Waals surface area contributed by atoms with E-state index in [4.69, 9.17) is 11.6 Å². The van der Waals surface area contributed by atoms with Crippen LogP contribution in [-0.4, -0.2) is 27.6 Å². The first-order valence-corrected chi connectivity index (χ1v) is 6.22. The fourth-order valence-corrected chi connectivity index (χ4v) is 1.89. The van der Waals surface area contributed by atoms with Crippen molar-refractivity contribution in [3.63, 3.8) is 0 Å². The summed E-state index contributed by atoms with van der Waals surface area (Å²) in [6.45, 7) is 0.521. The molecule has 0 atom stereocenters. The van der Waals surface area contributed by atoms with Crippen molar-refractivity contribution in [3.05, 3.63) is 39.6 Å². The molecular weight excluding hydrogens is 260 g/mol. The number of hydrogen-bond donors (Lipinski definition) is 1. The van der Waals surface area contributed by atoms with Gasteiger partial charge in [-0.2, -0.15) is 0 Å². The number of amides is 1. The van der Waals surface area contributed by atoms with E-state index in [2.05, 4.69) is 20.5 Å². The van der Waals surface area contributed by atoms with Crippen molar-refractivity contribution >= 4 is 28.8 Å². The highest BCUT2D eigenvalue weighted by Gasteiger charge is 2.07. The van der Waals surface area contributed by atoms with Gasteiger partial charge in [0.25, 0.3) is 5.91 Å². The molecule has 0 aliphatic heterocycles. The predicted octanol–water partition coefficient (Wildman–Crippen LogP) is 1.56. The third kappa shape index (κ3) is 3.47. The van der Waals surface area contributed by atoms with Crippen molar-refractivity contribution in [2.75, 3.05) is 6.54 Å². The number of carbonyl (C=O) groups is 1. The number of thiazole rings is 1. The van der Waals surface area contributed by atoms with Crippen molar-refractivity contribution in [3.8, 4) is 0 Å². The van der Waals surface area contributed by atoms with Crippen molar-refractivity contribution in [1.29, 1.82) is 0 Å². The smallest absolute Gasteiger partial charge is 0.271 e. The summed E-state index contributed by atoms with van der Waals surface area (Å²) in [5, 5.41) is 12.2. The summed E-state index contributed by atoms with van der Waals surface area (Å²) >= 11 is 7.11. The third-order valence-electron chi connectivity index (χ3n) is 2.01. The standard InChI is InChI=1S/C10H9ClN4OS/c11-9-2-1-8(14-15-9)10(16)12-4-3-7-5-17-6-13-7/h1-2,5-6H,3-4H2,(H,12,16). The van der Waals surface area contributed by atoms with Crippen LogP contribution in [0.1, 0.15) is 16.2 Å². The molecular formula is C10H9ClN4OS. The summed E-state index contributed by atoms with van der Waals surface area (Å²) in [6, 6.07) is 3.07. The Hall–Kier alpha value is -1.53. The highest BCUT2D eigenvalue weighted by Crippen LogP contribution is 2.03. The minimum Gasteiger partial charge on any atom is -0.350 e. The van der Waals surface area contributed by atoms with E-state index in [1.54, 1.807) is 5.51 Å². The first-order chi connectivity index (χ1) is 8.25. The van der Waals surface area contributed by atoms with Gasteiger partial charge >= 0.3 is 0 Å². The van der Waals surface area contributed by atoms with Crippen LogP contribution in [0, 0.1) is 0 Å². The maximum absolute atomic E-state index is 11.6. The van der Waals surface area contributed by atoms with Gasteiger partial charge in [-0.1, -0.05) is 11.6 Å². The zero-order valence-corrected chi connectivity index (χ0v) is 10.3. The Morgan fingerprint density at radius 3 is 2.94 bits per heavy atom. The lowest BCUT2D eigenvalue weighted by Crippen LogP contribution is -2.26. The van der Waals surface area contributed by atoms with E-state index in [0.29, 0.717) is 13.0 Å². The van der Waals surface area contributed by atoms with Crippen molar-refractivity contribution in [2.24, 2.45) is 0 Å². The zero-order valence-electron chi connectivity index (χ0n) is 8.76. The van der Waals surface area contributed by atoms with Gasteiger partial charge in [-0.3, -0.25) is 4.79 Å². The average molecular weight is 269 g/mol. The molecule has 1 N–H and O–H groups in total. The molecule has 0 spiro atoms. The Bertz CT molecular complexity index is 486. The van der Waals surface area contributed by atoms with E-state index in [1.807, 2.05) is 5.38 Å². The fraction of sp³-hybridized carbons (Fsp3) is 0.200.